The van der Waals surface area contributed by atoms with Crippen LogP contribution in [-0.2, 0) is 21.1 Å². The molecule has 0 bridgehead atoms. The first-order chi connectivity index (χ1) is 14.1. The lowest BCUT2D eigenvalue weighted by atomic mass is 10.0. The van der Waals surface area contributed by atoms with Gasteiger partial charge in [-0.1, -0.05) is 46.3 Å². The highest BCUT2D eigenvalue weighted by molar-refractivity contribution is 8.03. The van der Waals surface area contributed by atoms with E-state index in [-0.39, 0.29) is 23.7 Å². The van der Waals surface area contributed by atoms with Crippen LogP contribution in [0.5, 0.6) is 0 Å². The van der Waals surface area contributed by atoms with E-state index in [1.54, 1.807) is 31.1 Å². The maximum Gasteiger partial charge on any atom is 0.273 e. The van der Waals surface area contributed by atoms with Gasteiger partial charge in [0, 0.05) is 42.8 Å². The van der Waals surface area contributed by atoms with Gasteiger partial charge in [0.15, 0.2) is 11.2 Å². The third-order valence-electron chi connectivity index (χ3n) is 4.43. The number of thioether (sulfide) groups is 1. The molecule has 0 aromatic heterocycles. The molecule has 1 aromatic rings. The van der Waals surface area contributed by atoms with Crippen LogP contribution in [0.1, 0.15) is 24.5 Å². The zero-order valence-corrected chi connectivity index (χ0v) is 17.6. The van der Waals surface area contributed by atoms with Crippen molar-refractivity contribution in [3.8, 4) is 0 Å². The third-order valence-corrected chi connectivity index (χ3v) is 5.76. The Balaban J connectivity index is 1.61. The largest absolute Gasteiger partial charge is 0.398 e. The van der Waals surface area contributed by atoms with Gasteiger partial charge >= 0.3 is 0 Å². The average Bonchev–Trinajstić information content (AvgIpc) is 3.24. The molecule has 1 unspecified atom stereocenters. The van der Waals surface area contributed by atoms with E-state index in [9.17, 15) is 4.79 Å². The number of allylic oxidation sites excluding steroid dienone is 2. The first-order valence-electron chi connectivity index (χ1n) is 9.03. The minimum absolute atomic E-state index is 0.184. The van der Waals surface area contributed by atoms with Crippen molar-refractivity contribution in [3.05, 3.63) is 46.0 Å². The molecule has 2 aliphatic rings. The summed E-state index contributed by atoms with van der Waals surface area (Å²) in [6.45, 7) is 2.29. The van der Waals surface area contributed by atoms with Crippen LogP contribution < -0.4 is 5.32 Å². The van der Waals surface area contributed by atoms with E-state index in [0.717, 1.165) is 11.3 Å². The normalized spacial score (nSPS) is 18.6. The van der Waals surface area contributed by atoms with E-state index in [0.29, 0.717) is 12.0 Å². The van der Waals surface area contributed by atoms with Crippen LogP contribution in [0.25, 0.3) is 0 Å². The molecule has 2 heterocycles. The van der Waals surface area contributed by atoms with Crippen molar-refractivity contribution in [2.45, 2.75) is 25.4 Å². The second kappa shape index (κ2) is 9.46. The van der Waals surface area contributed by atoms with Gasteiger partial charge in [-0.15, -0.1) is 0 Å². The summed E-state index contributed by atoms with van der Waals surface area (Å²) < 4.78 is 0. The van der Waals surface area contributed by atoms with Crippen molar-refractivity contribution in [1.29, 1.82) is 0 Å². The second-order valence-corrected chi connectivity index (χ2v) is 7.58. The van der Waals surface area contributed by atoms with Crippen LogP contribution in [0.2, 0.25) is 0 Å². The van der Waals surface area contributed by atoms with Crippen molar-refractivity contribution >= 4 is 35.9 Å². The van der Waals surface area contributed by atoms with Crippen molar-refractivity contribution in [2.24, 2.45) is 15.4 Å². The molecule has 2 aliphatic heterocycles. The summed E-state index contributed by atoms with van der Waals surface area (Å²) >= 11 is 1.77. The third kappa shape index (κ3) is 4.53. The highest BCUT2D eigenvalue weighted by Crippen LogP contribution is 2.41. The molecule has 1 atom stereocenters. The highest BCUT2D eigenvalue weighted by Gasteiger charge is 2.35. The predicted molar refractivity (Wildman–Crippen MR) is 114 cm³/mol. The van der Waals surface area contributed by atoms with Crippen LogP contribution in [0, 0.1) is 0 Å². The Labute approximate surface area is 174 Å². The number of oxime groups is 2. The maximum atomic E-state index is 12.1. The lowest BCUT2D eigenvalue weighted by Crippen LogP contribution is -2.30. The van der Waals surface area contributed by atoms with Crippen LogP contribution in [0.4, 0.5) is 0 Å². The van der Waals surface area contributed by atoms with Gasteiger partial charge in [-0.2, -0.15) is 5.10 Å². The standard InChI is InChI=1S/C19H24N6O3S/c1-13-16(25-19(29-13)24(3)12-21-25)9-10-22-28-11-14-7-5-6-8-15(14)17(23-27-4)18(26)20-2/h5-8,10,12,19H,9,11H2,1-4H3,(H,20,26)/b22-10?,23-17+. The maximum absolute atomic E-state index is 12.1. The molecule has 0 aliphatic carbocycles. The molecule has 0 saturated carbocycles. The molecule has 0 saturated heterocycles. The number of hydrogen-bond acceptors (Lipinski definition) is 9. The molecular formula is C19H24N6O3S. The zero-order chi connectivity index (χ0) is 20.8. The van der Waals surface area contributed by atoms with Gasteiger partial charge < -0.3 is 19.9 Å². The fourth-order valence-corrected chi connectivity index (χ4v) is 4.10. The molecular weight excluding hydrogens is 392 g/mol. The number of rotatable bonds is 8. The molecule has 9 nitrogen and oxygen atoms in total. The van der Waals surface area contributed by atoms with Crippen LogP contribution in [0.3, 0.4) is 0 Å². The minimum Gasteiger partial charge on any atom is -0.398 e. The Morgan fingerprint density at radius 3 is 2.97 bits per heavy atom. The van der Waals surface area contributed by atoms with E-state index in [2.05, 4.69) is 32.6 Å². The summed E-state index contributed by atoms with van der Waals surface area (Å²) in [6.07, 6.45) is 4.16. The molecule has 29 heavy (non-hydrogen) atoms. The number of benzene rings is 1. The van der Waals surface area contributed by atoms with Crippen LogP contribution in [0.15, 0.2) is 50.3 Å². The molecule has 154 valence electrons. The van der Waals surface area contributed by atoms with Gasteiger partial charge in [0.1, 0.15) is 20.1 Å². The van der Waals surface area contributed by atoms with Crippen molar-refractivity contribution in [1.82, 2.24) is 15.2 Å². The second-order valence-electron chi connectivity index (χ2n) is 6.31. The molecule has 3 rings (SSSR count). The zero-order valence-electron chi connectivity index (χ0n) is 16.8. The fraction of sp³-hybridized carbons (Fsp3) is 0.368. The van der Waals surface area contributed by atoms with E-state index in [1.165, 1.54) is 12.0 Å². The Bertz CT molecular complexity index is 882. The number of likely N-dealkylation sites (N-methyl/N-ethyl adjacent to an activating group) is 1. The van der Waals surface area contributed by atoms with E-state index in [4.69, 9.17) is 9.68 Å². The average molecular weight is 417 g/mol. The SMILES string of the molecule is CNC(=O)/C(=N/OC)c1ccccc1CON=CCC1=C(C)SC2N(C)C=NN12. The summed E-state index contributed by atoms with van der Waals surface area (Å²) in [5.41, 5.74) is 2.90. The summed E-state index contributed by atoms with van der Waals surface area (Å²) in [7, 11) is 4.95. The number of hydrogen-bond donors (Lipinski definition) is 1. The molecule has 0 spiro atoms. The predicted octanol–water partition coefficient (Wildman–Crippen LogP) is 2.13. The summed E-state index contributed by atoms with van der Waals surface area (Å²) in [5, 5.41) is 16.9. The lowest BCUT2D eigenvalue weighted by molar-refractivity contribution is -0.114. The topological polar surface area (TPSA) is 91.1 Å². The number of carbonyl (C=O) groups excluding carboxylic acids is 1. The summed E-state index contributed by atoms with van der Waals surface area (Å²) in [5.74, 6) is -0.338. The Morgan fingerprint density at radius 2 is 2.21 bits per heavy atom. The minimum atomic E-state index is -0.338. The molecule has 10 heteroatoms. The van der Waals surface area contributed by atoms with Crippen LogP contribution in [-0.4, -0.2) is 60.8 Å². The van der Waals surface area contributed by atoms with E-state index >= 15 is 0 Å². The first kappa shape index (κ1) is 20.7. The van der Waals surface area contributed by atoms with Gasteiger partial charge in [0.25, 0.3) is 5.91 Å². The van der Waals surface area contributed by atoms with Crippen molar-refractivity contribution < 1.29 is 14.5 Å². The van der Waals surface area contributed by atoms with Gasteiger partial charge in [-0.25, -0.2) is 5.01 Å². The van der Waals surface area contributed by atoms with E-state index < -0.39 is 0 Å². The fourth-order valence-electron chi connectivity index (χ4n) is 2.97. The number of nitrogens with zero attached hydrogens (tertiary/aromatic N) is 5. The molecule has 1 amide bonds. The molecule has 1 aromatic carbocycles. The Kier molecular flexibility index (Phi) is 6.76. The number of nitrogens with one attached hydrogen (secondary N) is 1. The van der Waals surface area contributed by atoms with E-state index in [1.807, 2.05) is 36.6 Å². The van der Waals surface area contributed by atoms with Gasteiger partial charge in [-0.3, -0.25) is 4.79 Å². The van der Waals surface area contributed by atoms with Crippen LogP contribution >= 0.6 is 11.8 Å². The summed E-state index contributed by atoms with van der Waals surface area (Å²) in [4.78, 5) is 25.7. The number of amides is 1. The summed E-state index contributed by atoms with van der Waals surface area (Å²) in [6, 6.07) is 7.35. The first-order valence-corrected chi connectivity index (χ1v) is 9.91. The number of hydrazone groups is 1. The molecule has 1 N–H and O–H groups in total. The Hall–Kier alpha value is -3.01. The number of fused-ring (bicyclic) bond motifs is 1. The van der Waals surface area contributed by atoms with Gasteiger partial charge in [0.2, 0.25) is 0 Å². The smallest absolute Gasteiger partial charge is 0.273 e. The van der Waals surface area contributed by atoms with Gasteiger partial charge in [-0.05, 0) is 6.92 Å². The molecule has 0 radical (unpaired) electrons. The lowest BCUT2D eigenvalue weighted by Gasteiger charge is -2.21. The van der Waals surface area contributed by atoms with Crippen molar-refractivity contribution in [2.75, 3.05) is 21.2 Å². The highest BCUT2D eigenvalue weighted by atomic mass is 32.2. The monoisotopic (exact) mass is 416 g/mol. The molecule has 0 fully saturated rings. The van der Waals surface area contributed by atoms with Crippen molar-refractivity contribution in [3.63, 3.8) is 0 Å². The van der Waals surface area contributed by atoms with Gasteiger partial charge in [0.05, 0.1) is 5.70 Å². The number of carbonyl (C=O) groups is 1. The quantitative estimate of drug-likeness (QED) is 0.516. The Morgan fingerprint density at radius 1 is 1.41 bits per heavy atom.